The molecule has 1 atom stereocenters. The van der Waals surface area contributed by atoms with Crippen LogP contribution < -0.4 is 4.90 Å². The monoisotopic (exact) mass is 351 g/mol. The highest BCUT2D eigenvalue weighted by atomic mass is 79.9. The fourth-order valence-electron chi connectivity index (χ4n) is 2.06. The summed E-state index contributed by atoms with van der Waals surface area (Å²) in [6.45, 7) is 0.0920. The van der Waals surface area contributed by atoms with Gasteiger partial charge in [0.05, 0.1) is 5.56 Å². The van der Waals surface area contributed by atoms with E-state index >= 15 is 0 Å². The van der Waals surface area contributed by atoms with Gasteiger partial charge >= 0.3 is 12.1 Å². The van der Waals surface area contributed by atoms with E-state index in [0.717, 1.165) is 11.0 Å². The largest absolute Gasteiger partial charge is 0.481 e. The number of hydrogen-bond donors (Lipinski definition) is 1. The summed E-state index contributed by atoms with van der Waals surface area (Å²) in [5.74, 6) is -3.13. The molecule has 20 heavy (non-hydrogen) atoms. The molecule has 2 rings (SSSR count). The van der Waals surface area contributed by atoms with E-state index in [-0.39, 0.29) is 23.1 Å². The number of carbonyl (C=O) groups excluding carboxylic acids is 1. The van der Waals surface area contributed by atoms with Gasteiger partial charge < -0.3 is 10.0 Å². The molecule has 4 nitrogen and oxygen atoms in total. The van der Waals surface area contributed by atoms with E-state index in [9.17, 15) is 22.8 Å². The third-order valence-corrected chi connectivity index (χ3v) is 3.76. The molecule has 0 aliphatic carbocycles. The Hall–Kier alpha value is -1.57. The Morgan fingerprint density at radius 2 is 2.05 bits per heavy atom. The predicted molar refractivity (Wildman–Crippen MR) is 67.2 cm³/mol. The molecule has 0 radical (unpaired) electrons. The van der Waals surface area contributed by atoms with E-state index in [1.165, 1.54) is 12.1 Å². The van der Waals surface area contributed by atoms with Crippen LogP contribution in [0, 0.1) is 5.92 Å². The van der Waals surface area contributed by atoms with Crippen molar-refractivity contribution in [3.05, 3.63) is 28.2 Å². The summed E-state index contributed by atoms with van der Waals surface area (Å²) >= 11 is 2.81. The number of halogens is 4. The number of alkyl halides is 3. The maximum Gasteiger partial charge on any atom is 0.417 e. The smallest absolute Gasteiger partial charge is 0.417 e. The molecule has 0 bridgehead atoms. The molecule has 0 aromatic heterocycles. The van der Waals surface area contributed by atoms with Gasteiger partial charge in [0.25, 0.3) is 0 Å². The molecule has 0 spiro atoms. The lowest BCUT2D eigenvalue weighted by Gasteiger charge is -2.18. The summed E-state index contributed by atoms with van der Waals surface area (Å²) in [5, 5.41) is 8.84. The van der Waals surface area contributed by atoms with E-state index in [2.05, 4.69) is 15.9 Å². The van der Waals surface area contributed by atoms with Crippen molar-refractivity contribution in [1.82, 2.24) is 0 Å². The number of rotatable bonds is 2. The van der Waals surface area contributed by atoms with Crippen molar-refractivity contribution < 1.29 is 27.9 Å². The highest BCUT2D eigenvalue weighted by Gasteiger charge is 2.39. The molecule has 1 heterocycles. The molecule has 1 aromatic carbocycles. The zero-order chi connectivity index (χ0) is 15.1. The number of carboxylic acid groups (broad SMARTS) is 1. The maximum absolute atomic E-state index is 12.8. The minimum Gasteiger partial charge on any atom is -0.481 e. The second-order valence-corrected chi connectivity index (χ2v) is 5.19. The standard InChI is InChI=1S/C12H9BrF3NO3/c13-9-2-1-6(5-8(9)12(14,15)16)17-4-3-7(10(17)18)11(19)20/h1-2,5,7H,3-4H2,(H,19,20). The van der Waals surface area contributed by atoms with Crippen LogP contribution in [0.1, 0.15) is 12.0 Å². The van der Waals surface area contributed by atoms with Gasteiger partial charge in [0.1, 0.15) is 5.92 Å². The number of benzene rings is 1. The van der Waals surface area contributed by atoms with Gasteiger partial charge in [-0.05, 0) is 24.6 Å². The van der Waals surface area contributed by atoms with Gasteiger partial charge in [0, 0.05) is 16.7 Å². The van der Waals surface area contributed by atoms with Gasteiger partial charge in [-0.25, -0.2) is 0 Å². The fraction of sp³-hybridized carbons (Fsp3) is 0.333. The van der Waals surface area contributed by atoms with Gasteiger partial charge in [-0.1, -0.05) is 15.9 Å². The SMILES string of the molecule is O=C(O)C1CCN(c2ccc(Br)c(C(F)(F)F)c2)C1=O. The molecular weight excluding hydrogens is 343 g/mol. The first-order valence-corrected chi connectivity index (χ1v) is 6.42. The number of hydrogen-bond acceptors (Lipinski definition) is 2. The Labute approximate surface area is 120 Å². The summed E-state index contributed by atoms with van der Waals surface area (Å²) in [5.41, 5.74) is -0.851. The van der Waals surface area contributed by atoms with Gasteiger partial charge in [-0.15, -0.1) is 0 Å². The lowest BCUT2D eigenvalue weighted by Crippen LogP contribution is -2.30. The maximum atomic E-state index is 12.8. The minimum absolute atomic E-state index is 0.0503. The molecular formula is C12H9BrF3NO3. The van der Waals surface area contributed by atoms with Gasteiger partial charge in [-0.3, -0.25) is 9.59 Å². The average Bonchev–Trinajstić information content (AvgIpc) is 2.70. The van der Waals surface area contributed by atoms with E-state index < -0.39 is 29.5 Å². The minimum atomic E-state index is -4.55. The zero-order valence-corrected chi connectivity index (χ0v) is 11.5. The van der Waals surface area contributed by atoms with Crippen LogP contribution in [0.15, 0.2) is 22.7 Å². The second kappa shape index (κ2) is 5.08. The molecule has 1 N–H and O–H groups in total. The third kappa shape index (κ3) is 2.65. The highest BCUT2D eigenvalue weighted by molar-refractivity contribution is 9.10. The van der Waals surface area contributed by atoms with E-state index in [0.29, 0.717) is 0 Å². The summed E-state index contributed by atoms with van der Waals surface area (Å²) in [6, 6.07) is 3.38. The van der Waals surface area contributed by atoms with Crippen molar-refractivity contribution in [2.75, 3.05) is 11.4 Å². The zero-order valence-electron chi connectivity index (χ0n) is 9.95. The Balaban J connectivity index is 2.36. The summed E-state index contributed by atoms with van der Waals surface area (Å²) in [6.07, 6.45) is -4.46. The summed E-state index contributed by atoms with van der Waals surface area (Å²) in [7, 11) is 0. The third-order valence-electron chi connectivity index (χ3n) is 3.07. The van der Waals surface area contributed by atoms with Crippen molar-refractivity contribution in [1.29, 1.82) is 0 Å². The first-order chi connectivity index (χ1) is 9.21. The average molecular weight is 352 g/mol. The summed E-state index contributed by atoms with van der Waals surface area (Å²) in [4.78, 5) is 23.7. The number of aliphatic carboxylic acids is 1. The van der Waals surface area contributed by atoms with Crippen molar-refractivity contribution >= 4 is 33.5 Å². The van der Waals surface area contributed by atoms with Gasteiger partial charge in [-0.2, -0.15) is 13.2 Å². The van der Waals surface area contributed by atoms with Crippen molar-refractivity contribution in [2.45, 2.75) is 12.6 Å². The Morgan fingerprint density at radius 1 is 1.40 bits per heavy atom. The topological polar surface area (TPSA) is 57.6 Å². The normalized spacial score (nSPS) is 19.5. The molecule has 1 unspecified atom stereocenters. The van der Waals surface area contributed by atoms with Crippen LogP contribution in [0.5, 0.6) is 0 Å². The van der Waals surface area contributed by atoms with Crippen molar-refractivity contribution in [3.63, 3.8) is 0 Å². The number of amides is 1. The number of nitrogens with zero attached hydrogens (tertiary/aromatic N) is 1. The van der Waals surface area contributed by atoms with Gasteiger partial charge in [0.2, 0.25) is 5.91 Å². The van der Waals surface area contributed by atoms with E-state index in [1.54, 1.807) is 0 Å². The Morgan fingerprint density at radius 3 is 2.55 bits per heavy atom. The second-order valence-electron chi connectivity index (χ2n) is 4.33. The first kappa shape index (κ1) is 14.8. The van der Waals surface area contributed by atoms with Crippen LogP contribution in [0.4, 0.5) is 18.9 Å². The van der Waals surface area contributed by atoms with Crippen LogP contribution >= 0.6 is 15.9 Å². The first-order valence-electron chi connectivity index (χ1n) is 5.62. The summed E-state index contributed by atoms with van der Waals surface area (Å²) < 4.78 is 38.2. The highest BCUT2D eigenvalue weighted by Crippen LogP contribution is 2.38. The van der Waals surface area contributed by atoms with Crippen molar-refractivity contribution in [3.8, 4) is 0 Å². The Kier molecular flexibility index (Phi) is 3.77. The molecule has 1 aliphatic rings. The van der Waals surface area contributed by atoms with Crippen LogP contribution in [0.25, 0.3) is 0 Å². The van der Waals surface area contributed by atoms with Crippen LogP contribution in [0.2, 0.25) is 0 Å². The quantitative estimate of drug-likeness (QED) is 0.833. The van der Waals surface area contributed by atoms with Crippen LogP contribution in [-0.2, 0) is 15.8 Å². The molecule has 1 aromatic rings. The molecule has 8 heteroatoms. The lowest BCUT2D eigenvalue weighted by molar-refractivity contribution is -0.145. The predicted octanol–water partition coefficient (Wildman–Crippen LogP) is 2.91. The molecule has 108 valence electrons. The molecule has 1 amide bonds. The van der Waals surface area contributed by atoms with Crippen LogP contribution in [0.3, 0.4) is 0 Å². The molecule has 0 saturated carbocycles. The number of carboxylic acids is 1. The number of carbonyl (C=O) groups is 2. The fourth-order valence-corrected chi connectivity index (χ4v) is 2.54. The van der Waals surface area contributed by atoms with Crippen LogP contribution in [-0.4, -0.2) is 23.5 Å². The van der Waals surface area contributed by atoms with E-state index in [4.69, 9.17) is 5.11 Å². The Bertz CT molecular complexity index is 574. The van der Waals surface area contributed by atoms with Gasteiger partial charge in [0.15, 0.2) is 0 Å². The van der Waals surface area contributed by atoms with Crippen molar-refractivity contribution in [2.24, 2.45) is 5.92 Å². The lowest BCUT2D eigenvalue weighted by atomic mass is 10.1. The molecule has 1 fully saturated rings. The number of anilines is 1. The molecule has 1 saturated heterocycles. The van der Waals surface area contributed by atoms with E-state index in [1.807, 2.05) is 0 Å². The molecule has 1 aliphatic heterocycles.